The number of carbonyl (C=O) groups is 1. The first-order chi connectivity index (χ1) is 11.2. The lowest BCUT2D eigenvalue weighted by Crippen LogP contribution is -2.40. The van der Waals surface area contributed by atoms with Crippen LogP contribution in [0.1, 0.15) is 19.8 Å². The number of anilines is 1. The molecule has 0 bridgehead atoms. The van der Waals surface area contributed by atoms with Gasteiger partial charge < -0.3 is 16.0 Å². The predicted molar refractivity (Wildman–Crippen MR) is 110 cm³/mol. The summed E-state index contributed by atoms with van der Waals surface area (Å²) in [4.78, 5) is 16.2. The molecule has 1 unspecified atom stereocenters. The van der Waals surface area contributed by atoms with E-state index in [2.05, 4.69) is 20.9 Å². The van der Waals surface area contributed by atoms with Crippen LogP contribution in [-0.4, -0.2) is 42.5 Å². The van der Waals surface area contributed by atoms with Crippen LogP contribution >= 0.6 is 35.7 Å². The number of aliphatic imine (C=N–C) groups is 1. The molecule has 1 aliphatic rings. The van der Waals surface area contributed by atoms with Crippen molar-refractivity contribution >= 4 is 53.3 Å². The van der Waals surface area contributed by atoms with Crippen LogP contribution in [0, 0.1) is 5.82 Å². The number of halogens is 2. The molecule has 1 saturated heterocycles. The maximum atomic E-state index is 12.8. The molecule has 5 nitrogen and oxygen atoms in total. The Balaban J connectivity index is 0.00000288. The maximum Gasteiger partial charge on any atom is 0.246 e. The second-order valence-electron chi connectivity index (χ2n) is 5.27. The van der Waals surface area contributed by atoms with Crippen LogP contribution in [0.5, 0.6) is 0 Å². The third-order valence-electron chi connectivity index (χ3n) is 3.37. The van der Waals surface area contributed by atoms with Crippen molar-refractivity contribution in [3.63, 3.8) is 0 Å². The Morgan fingerprint density at radius 1 is 1.33 bits per heavy atom. The molecule has 1 atom stereocenters. The molecular weight excluding hydrogens is 442 g/mol. The number of thioether (sulfide) groups is 1. The molecule has 8 heteroatoms. The summed E-state index contributed by atoms with van der Waals surface area (Å²) in [7, 11) is 0. The van der Waals surface area contributed by atoms with Gasteiger partial charge in [-0.2, -0.15) is 11.8 Å². The zero-order valence-electron chi connectivity index (χ0n) is 13.7. The molecule has 2 rings (SSSR count). The molecule has 1 aromatic rings. The fourth-order valence-corrected chi connectivity index (χ4v) is 3.44. The van der Waals surface area contributed by atoms with E-state index in [0.29, 0.717) is 16.9 Å². The zero-order chi connectivity index (χ0) is 16.5. The average molecular weight is 466 g/mol. The van der Waals surface area contributed by atoms with Crippen LogP contribution in [0.2, 0.25) is 0 Å². The van der Waals surface area contributed by atoms with Gasteiger partial charge in [-0.3, -0.25) is 4.79 Å². The minimum atomic E-state index is -0.329. The molecular formula is C16H24FIN4OS. The van der Waals surface area contributed by atoms with Crippen molar-refractivity contribution in [2.75, 3.05) is 30.7 Å². The van der Waals surface area contributed by atoms with E-state index >= 15 is 0 Å². The van der Waals surface area contributed by atoms with E-state index in [0.717, 1.165) is 13.1 Å². The van der Waals surface area contributed by atoms with E-state index in [9.17, 15) is 9.18 Å². The highest BCUT2D eigenvalue weighted by molar-refractivity contribution is 14.0. The summed E-state index contributed by atoms with van der Waals surface area (Å²) in [5.74, 6) is 1.31. The summed E-state index contributed by atoms with van der Waals surface area (Å²) in [6.45, 7) is 3.60. The van der Waals surface area contributed by atoms with Crippen molar-refractivity contribution < 1.29 is 9.18 Å². The maximum absolute atomic E-state index is 12.8. The van der Waals surface area contributed by atoms with Gasteiger partial charge in [0.1, 0.15) is 12.4 Å². The van der Waals surface area contributed by atoms with Crippen LogP contribution in [0.15, 0.2) is 29.3 Å². The van der Waals surface area contributed by atoms with Crippen molar-refractivity contribution in [1.29, 1.82) is 0 Å². The molecule has 0 radical (unpaired) electrons. The molecule has 1 heterocycles. The van der Waals surface area contributed by atoms with Crippen molar-refractivity contribution in [3.8, 4) is 0 Å². The topological polar surface area (TPSA) is 65.5 Å². The second-order valence-corrected chi connectivity index (χ2v) is 6.67. The number of hydrogen-bond donors (Lipinski definition) is 3. The molecule has 1 amide bonds. The molecule has 0 aliphatic carbocycles. The lowest BCUT2D eigenvalue weighted by Gasteiger charge is -2.14. The predicted octanol–water partition coefficient (Wildman–Crippen LogP) is 2.83. The smallest absolute Gasteiger partial charge is 0.246 e. The quantitative estimate of drug-likeness (QED) is 0.343. The number of carbonyl (C=O) groups excluding carboxylic acids is 1. The number of nitrogens with zero attached hydrogens (tertiary/aromatic N) is 1. The first-order valence-corrected chi connectivity index (χ1v) is 8.91. The van der Waals surface area contributed by atoms with Crippen LogP contribution in [0.3, 0.4) is 0 Å². The SMILES string of the molecule is CCNC(=NCC(=O)Nc1ccc(F)cc1)NCC1CCCS1.I. The van der Waals surface area contributed by atoms with Gasteiger partial charge in [-0.05, 0) is 49.8 Å². The molecule has 0 spiro atoms. The third-order valence-corrected chi connectivity index (χ3v) is 4.77. The third kappa shape index (κ3) is 7.69. The number of guanidine groups is 1. The molecule has 0 aromatic heterocycles. The second kappa shape index (κ2) is 11.5. The summed E-state index contributed by atoms with van der Waals surface area (Å²) >= 11 is 1.97. The monoisotopic (exact) mass is 466 g/mol. The van der Waals surface area contributed by atoms with Gasteiger partial charge in [-0.1, -0.05) is 0 Å². The highest BCUT2D eigenvalue weighted by Gasteiger charge is 2.15. The molecule has 1 fully saturated rings. The van der Waals surface area contributed by atoms with Gasteiger partial charge in [0.2, 0.25) is 5.91 Å². The Morgan fingerprint density at radius 2 is 2.08 bits per heavy atom. The minimum Gasteiger partial charge on any atom is -0.357 e. The van der Waals surface area contributed by atoms with Gasteiger partial charge in [-0.25, -0.2) is 9.38 Å². The zero-order valence-corrected chi connectivity index (χ0v) is 16.8. The summed E-state index contributed by atoms with van der Waals surface area (Å²) in [5, 5.41) is 9.72. The summed E-state index contributed by atoms with van der Waals surface area (Å²) in [6, 6.07) is 5.67. The van der Waals surface area contributed by atoms with Gasteiger partial charge in [0, 0.05) is 24.0 Å². The Kier molecular flexibility index (Phi) is 10.1. The number of benzene rings is 1. The van der Waals surface area contributed by atoms with Gasteiger partial charge in [0.25, 0.3) is 0 Å². The molecule has 0 saturated carbocycles. The van der Waals surface area contributed by atoms with Crippen molar-refractivity contribution in [3.05, 3.63) is 30.1 Å². The Labute approximate surface area is 163 Å². The average Bonchev–Trinajstić information content (AvgIpc) is 3.06. The fourth-order valence-electron chi connectivity index (χ4n) is 2.24. The van der Waals surface area contributed by atoms with E-state index in [4.69, 9.17) is 0 Å². The lowest BCUT2D eigenvalue weighted by molar-refractivity contribution is -0.114. The highest BCUT2D eigenvalue weighted by Crippen LogP contribution is 2.25. The highest BCUT2D eigenvalue weighted by atomic mass is 127. The Morgan fingerprint density at radius 3 is 2.71 bits per heavy atom. The standard InChI is InChI=1S/C16H23FN4OS.HI/c1-2-18-16(19-10-14-4-3-9-23-14)20-11-15(22)21-13-7-5-12(17)6-8-13;/h5-8,14H,2-4,9-11H2,1H3,(H,21,22)(H2,18,19,20);1H. The summed E-state index contributed by atoms with van der Waals surface area (Å²) in [5.41, 5.74) is 0.562. The van der Waals surface area contributed by atoms with Crippen molar-refractivity contribution in [2.24, 2.45) is 4.99 Å². The summed E-state index contributed by atoms with van der Waals surface area (Å²) < 4.78 is 12.8. The number of rotatable bonds is 6. The first-order valence-electron chi connectivity index (χ1n) is 7.86. The van der Waals surface area contributed by atoms with Gasteiger partial charge >= 0.3 is 0 Å². The largest absolute Gasteiger partial charge is 0.357 e. The number of nitrogens with one attached hydrogen (secondary N) is 3. The molecule has 134 valence electrons. The van der Waals surface area contributed by atoms with Crippen molar-refractivity contribution in [1.82, 2.24) is 10.6 Å². The van der Waals surface area contributed by atoms with Crippen LogP contribution in [-0.2, 0) is 4.79 Å². The van der Waals surface area contributed by atoms with Crippen LogP contribution < -0.4 is 16.0 Å². The fraction of sp³-hybridized carbons (Fsp3) is 0.500. The van der Waals surface area contributed by atoms with E-state index < -0.39 is 0 Å². The van der Waals surface area contributed by atoms with Gasteiger partial charge in [-0.15, -0.1) is 24.0 Å². The number of amides is 1. The first kappa shape index (κ1) is 21.0. The van der Waals surface area contributed by atoms with Gasteiger partial charge in [0.05, 0.1) is 0 Å². The van der Waals surface area contributed by atoms with Crippen LogP contribution in [0.25, 0.3) is 0 Å². The van der Waals surface area contributed by atoms with E-state index in [-0.39, 0.29) is 42.2 Å². The van der Waals surface area contributed by atoms with E-state index in [1.807, 2.05) is 18.7 Å². The number of hydrogen-bond acceptors (Lipinski definition) is 3. The van der Waals surface area contributed by atoms with Crippen LogP contribution in [0.4, 0.5) is 10.1 Å². The molecule has 3 N–H and O–H groups in total. The Hall–Kier alpha value is -1.03. The molecule has 24 heavy (non-hydrogen) atoms. The lowest BCUT2D eigenvalue weighted by atomic mass is 10.2. The molecule has 1 aliphatic heterocycles. The van der Waals surface area contributed by atoms with Crippen molar-refractivity contribution in [2.45, 2.75) is 25.0 Å². The molecule has 1 aromatic carbocycles. The van der Waals surface area contributed by atoms with E-state index in [1.54, 1.807) is 0 Å². The minimum absolute atomic E-state index is 0. The summed E-state index contributed by atoms with van der Waals surface area (Å²) in [6.07, 6.45) is 2.49. The van der Waals surface area contributed by atoms with Gasteiger partial charge in [0.15, 0.2) is 5.96 Å². The normalized spacial score (nSPS) is 17.1. The Bertz CT molecular complexity index is 535. The van der Waals surface area contributed by atoms with E-state index in [1.165, 1.54) is 42.9 Å².